The van der Waals surface area contributed by atoms with Crippen LogP contribution in [-0.4, -0.2) is 72.9 Å². The van der Waals surface area contributed by atoms with Crippen LogP contribution in [0.25, 0.3) is 0 Å². The van der Waals surface area contributed by atoms with Crippen LogP contribution in [-0.2, 0) is 16.1 Å². The van der Waals surface area contributed by atoms with E-state index in [1.807, 2.05) is 36.2 Å². The summed E-state index contributed by atoms with van der Waals surface area (Å²) < 4.78 is 11.5. The Morgan fingerprint density at radius 2 is 1.83 bits per heavy atom. The number of aliphatic hydroxyl groups excluding tert-OH is 1. The van der Waals surface area contributed by atoms with E-state index in [9.17, 15) is 9.90 Å². The molecular formula is C23H36N2O4. The lowest BCUT2D eigenvalue weighted by molar-refractivity contribution is -0.132. The van der Waals surface area contributed by atoms with Gasteiger partial charge >= 0.3 is 0 Å². The Kier molecular flexibility index (Phi) is 8.77. The first-order chi connectivity index (χ1) is 14.1. The van der Waals surface area contributed by atoms with E-state index in [4.69, 9.17) is 9.47 Å². The quantitative estimate of drug-likeness (QED) is 0.650. The van der Waals surface area contributed by atoms with Gasteiger partial charge in [0.2, 0.25) is 0 Å². The zero-order valence-corrected chi connectivity index (χ0v) is 17.7. The maximum absolute atomic E-state index is 12.0. The van der Waals surface area contributed by atoms with Crippen LogP contribution in [0.4, 0.5) is 0 Å². The maximum Gasteiger partial charge on any atom is 0.260 e. The van der Waals surface area contributed by atoms with E-state index in [0.717, 1.165) is 50.9 Å². The Morgan fingerprint density at radius 1 is 1.14 bits per heavy atom. The van der Waals surface area contributed by atoms with Crippen molar-refractivity contribution >= 4 is 5.91 Å². The van der Waals surface area contributed by atoms with Gasteiger partial charge in [-0.15, -0.1) is 0 Å². The van der Waals surface area contributed by atoms with Crippen molar-refractivity contribution in [1.82, 2.24) is 9.80 Å². The molecule has 1 N–H and O–H groups in total. The Hall–Kier alpha value is -1.63. The van der Waals surface area contributed by atoms with Crippen LogP contribution in [0.1, 0.15) is 50.5 Å². The van der Waals surface area contributed by atoms with Crippen LogP contribution in [0.3, 0.4) is 0 Å². The number of ether oxygens (including phenoxy) is 2. The molecule has 2 fully saturated rings. The third-order valence-electron chi connectivity index (χ3n) is 5.80. The first-order valence-corrected chi connectivity index (χ1v) is 11.1. The summed E-state index contributed by atoms with van der Waals surface area (Å²) in [6, 6.07) is 7.83. The number of likely N-dealkylation sites (N-methyl/N-ethyl adjacent to an activating group) is 1. The van der Waals surface area contributed by atoms with E-state index in [1.165, 1.54) is 19.3 Å². The molecule has 1 heterocycles. The summed E-state index contributed by atoms with van der Waals surface area (Å²) in [5.74, 6) is 0.778. The maximum atomic E-state index is 12.0. The summed E-state index contributed by atoms with van der Waals surface area (Å²) in [7, 11) is 2.00. The van der Waals surface area contributed by atoms with Crippen molar-refractivity contribution < 1.29 is 19.4 Å². The second-order valence-electron chi connectivity index (χ2n) is 8.46. The summed E-state index contributed by atoms with van der Waals surface area (Å²) in [6.45, 7) is 3.54. The lowest BCUT2D eigenvalue weighted by Crippen LogP contribution is -2.33. The molecule has 6 heteroatoms. The molecule has 1 saturated heterocycles. The Labute approximate surface area is 174 Å². The van der Waals surface area contributed by atoms with Gasteiger partial charge in [-0.05, 0) is 50.4 Å². The van der Waals surface area contributed by atoms with Crippen molar-refractivity contribution in [2.75, 3.05) is 39.9 Å². The number of carbonyl (C=O) groups is 1. The second kappa shape index (κ2) is 11.5. The number of likely N-dealkylation sites (tertiary alicyclic amines) is 1. The average Bonchev–Trinajstić information content (AvgIpc) is 3.27. The van der Waals surface area contributed by atoms with E-state index >= 15 is 0 Å². The molecule has 0 radical (unpaired) electrons. The first kappa shape index (κ1) is 22.1. The largest absolute Gasteiger partial charge is 0.484 e. The highest BCUT2D eigenvalue weighted by molar-refractivity contribution is 5.78. The van der Waals surface area contributed by atoms with Crippen molar-refractivity contribution in [3.63, 3.8) is 0 Å². The van der Waals surface area contributed by atoms with Crippen LogP contribution in [0.5, 0.6) is 5.75 Å². The zero-order valence-electron chi connectivity index (χ0n) is 17.7. The van der Waals surface area contributed by atoms with Crippen molar-refractivity contribution in [3.05, 3.63) is 29.8 Å². The molecule has 1 saturated carbocycles. The molecule has 3 rings (SSSR count). The Balaban J connectivity index is 1.34. The van der Waals surface area contributed by atoms with Gasteiger partial charge < -0.3 is 19.5 Å². The number of hydrogen-bond donors (Lipinski definition) is 1. The lowest BCUT2D eigenvalue weighted by atomic mass is 9.98. The number of rotatable bonds is 10. The predicted molar refractivity (Wildman–Crippen MR) is 113 cm³/mol. The van der Waals surface area contributed by atoms with Gasteiger partial charge in [-0.2, -0.15) is 0 Å². The average molecular weight is 405 g/mol. The van der Waals surface area contributed by atoms with Crippen molar-refractivity contribution in [1.29, 1.82) is 0 Å². The summed E-state index contributed by atoms with van der Waals surface area (Å²) in [6.07, 6.45) is 8.09. The molecule has 0 aromatic heterocycles. The fraction of sp³-hybridized carbons (Fsp3) is 0.696. The normalized spacial score (nSPS) is 18.9. The van der Waals surface area contributed by atoms with Crippen molar-refractivity contribution in [3.8, 4) is 5.75 Å². The highest BCUT2D eigenvalue weighted by Gasteiger charge is 2.18. The smallest absolute Gasteiger partial charge is 0.260 e. The van der Waals surface area contributed by atoms with Gasteiger partial charge in [0.15, 0.2) is 6.61 Å². The van der Waals surface area contributed by atoms with Gasteiger partial charge in [0, 0.05) is 26.2 Å². The minimum Gasteiger partial charge on any atom is -0.484 e. The van der Waals surface area contributed by atoms with Crippen LogP contribution in [0.15, 0.2) is 24.3 Å². The summed E-state index contributed by atoms with van der Waals surface area (Å²) in [4.78, 5) is 16.0. The Morgan fingerprint density at radius 3 is 2.52 bits per heavy atom. The van der Waals surface area contributed by atoms with E-state index < -0.39 is 6.10 Å². The second-order valence-corrected chi connectivity index (χ2v) is 8.46. The molecule has 1 aliphatic heterocycles. The van der Waals surface area contributed by atoms with Gasteiger partial charge in [0.1, 0.15) is 5.75 Å². The van der Waals surface area contributed by atoms with Gasteiger partial charge in [-0.1, -0.05) is 31.4 Å². The highest BCUT2D eigenvalue weighted by Crippen LogP contribution is 2.20. The van der Waals surface area contributed by atoms with Crippen LogP contribution in [0, 0.1) is 0 Å². The number of nitrogens with zero attached hydrogens (tertiary/aromatic N) is 2. The Bertz CT molecular complexity index is 610. The monoisotopic (exact) mass is 404 g/mol. The number of carbonyl (C=O) groups excluding carboxylic acids is 1. The minimum atomic E-state index is -0.471. The van der Waals surface area contributed by atoms with Crippen molar-refractivity contribution in [2.45, 2.75) is 63.7 Å². The fourth-order valence-corrected chi connectivity index (χ4v) is 4.16. The molecular weight excluding hydrogens is 368 g/mol. The van der Waals surface area contributed by atoms with Gasteiger partial charge in [0.25, 0.3) is 5.91 Å². The first-order valence-electron chi connectivity index (χ1n) is 11.1. The fourth-order valence-electron chi connectivity index (χ4n) is 4.16. The number of aliphatic hydroxyl groups is 1. The standard InChI is InChI=1S/C23H36N2O4/c1-24(16-20(26)17-28-21-7-3-2-4-8-21)15-19-9-11-22(12-10-19)29-18-23(27)25-13-5-6-14-25/h9-12,20-21,26H,2-8,13-18H2,1H3/t20-/m0/s1. The van der Waals surface area contributed by atoms with Gasteiger partial charge in [0.05, 0.1) is 18.8 Å². The highest BCUT2D eigenvalue weighted by atomic mass is 16.5. The lowest BCUT2D eigenvalue weighted by Gasteiger charge is -2.25. The van der Waals surface area contributed by atoms with Crippen LogP contribution in [0.2, 0.25) is 0 Å². The molecule has 1 atom stereocenters. The third-order valence-corrected chi connectivity index (χ3v) is 5.80. The van der Waals surface area contributed by atoms with E-state index in [0.29, 0.717) is 25.0 Å². The van der Waals surface area contributed by atoms with E-state index in [-0.39, 0.29) is 12.5 Å². The van der Waals surface area contributed by atoms with Gasteiger partial charge in [-0.3, -0.25) is 9.69 Å². The molecule has 1 aromatic rings. The summed E-state index contributed by atoms with van der Waals surface area (Å²) in [5.41, 5.74) is 1.14. The van der Waals surface area contributed by atoms with Crippen molar-refractivity contribution in [2.24, 2.45) is 0 Å². The predicted octanol–water partition coefficient (Wildman–Crippen LogP) is 2.83. The van der Waals surface area contributed by atoms with Crippen LogP contribution >= 0.6 is 0 Å². The minimum absolute atomic E-state index is 0.0655. The molecule has 6 nitrogen and oxygen atoms in total. The summed E-state index contributed by atoms with van der Waals surface area (Å²) >= 11 is 0. The van der Waals surface area contributed by atoms with Gasteiger partial charge in [-0.25, -0.2) is 0 Å². The molecule has 0 spiro atoms. The molecule has 1 aromatic carbocycles. The topological polar surface area (TPSA) is 62.2 Å². The number of amides is 1. The molecule has 0 bridgehead atoms. The molecule has 0 unspecified atom stereocenters. The molecule has 162 valence electrons. The SMILES string of the molecule is CN(Cc1ccc(OCC(=O)N2CCCC2)cc1)C[C@H](O)COC1CCCCC1. The summed E-state index contributed by atoms with van der Waals surface area (Å²) in [5, 5.41) is 10.3. The molecule has 1 amide bonds. The molecule has 2 aliphatic rings. The van der Waals surface area contributed by atoms with Crippen LogP contribution < -0.4 is 4.74 Å². The third kappa shape index (κ3) is 7.61. The molecule has 1 aliphatic carbocycles. The zero-order chi connectivity index (χ0) is 20.5. The van der Waals surface area contributed by atoms with E-state index in [2.05, 4.69) is 4.90 Å². The van der Waals surface area contributed by atoms with E-state index in [1.54, 1.807) is 0 Å². The number of benzene rings is 1. The number of hydrogen-bond acceptors (Lipinski definition) is 5. The molecule has 29 heavy (non-hydrogen) atoms.